The number of hydrogen-bond donors (Lipinski definition) is 1. The van der Waals surface area contributed by atoms with E-state index in [1.54, 1.807) is 18.2 Å². The highest BCUT2D eigenvalue weighted by atomic mass is 16.5. The summed E-state index contributed by atoms with van der Waals surface area (Å²) in [5.41, 5.74) is 1.33. The van der Waals surface area contributed by atoms with Crippen LogP contribution in [0.2, 0.25) is 0 Å². The molecule has 1 N–H and O–H groups in total. The van der Waals surface area contributed by atoms with Crippen LogP contribution in [-0.2, 0) is 19.1 Å². The van der Waals surface area contributed by atoms with Crippen LogP contribution < -0.4 is 10.2 Å². The molecular weight excluding hydrogens is 444 g/mol. The van der Waals surface area contributed by atoms with Crippen molar-refractivity contribution in [2.24, 2.45) is 17.8 Å². The summed E-state index contributed by atoms with van der Waals surface area (Å²) in [5, 5.41) is 4.66. The van der Waals surface area contributed by atoms with Crippen LogP contribution in [0.3, 0.4) is 0 Å². The average Bonchev–Trinajstić information content (AvgIpc) is 3.12. The summed E-state index contributed by atoms with van der Waals surface area (Å²) in [4.78, 5) is 51.8. The number of amides is 3. The minimum atomic E-state index is -0.661. The molecule has 1 aliphatic heterocycles. The number of fused-ring (bicyclic) bond motifs is 2. The average molecular weight is 471 g/mol. The van der Waals surface area contributed by atoms with Gasteiger partial charge in [0.2, 0.25) is 11.8 Å². The maximum Gasteiger partial charge on any atom is 0.338 e. The van der Waals surface area contributed by atoms with Crippen molar-refractivity contribution in [3.05, 3.63) is 72.3 Å². The van der Waals surface area contributed by atoms with Gasteiger partial charge in [-0.05, 0) is 60.9 Å². The van der Waals surface area contributed by atoms with Gasteiger partial charge in [-0.2, -0.15) is 0 Å². The number of benzene rings is 3. The van der Waals surface area contributed by atoms with Gasteiger partial charge < -0.3 is 10.1 Å². The van der Waals surface area contributed by atoms with E-state index in [1.807, 2.05) is 36.4 Å². The molecular formula is C28H26N2O5. The topological polar surface area (TPSA) is 92.8 Å². The largest absolute Gasteiger partial charge is 0.452 e. The minimum Gasteiger partial charge on any atom is -0.452 e. The molecule has 1 heterocycles. The van der Waals surface area contributed by atoms with Crippen LogP contribution in [0.4, 0.5) is 11.4 Å². The van der Waals surface area contributed by atoms with E-state index < -0.39 is 18.5 Å². The smallest absolute Gasteiger partial charge is 0.338 e. The highest BCUT2D eigenvalue weighted by Crippen LogP contribution is 2.42. The van der Waals surface area contributed by atoms with Gasteiger partial charge in [0, 0.05) is 11.1 Å². The second-order valence-electron chi connectivity index (χ2n) is 9.34. The van der Waals surface area contributed by atoms with Crippen molar-refractivity contribution in [3.63, 3.8) is 0 Å². The van der Waals surface area contributed by atoms with Crippen molar-refractivity contribution >= 4 is 45.8 Å². The Morgan fingerprint density at radius 3 is 2.43 bits per heavy atom. The number of anilines is 2. The van der Waals surface area contributed by atoms with Gasteiger partial charge in [-0.1, -0.05) is 43.3 Å². The maximum absolute atomic E-state index is 12.9. The molecule has 0 radical (unpaired) electrons. The van der Waals surface area contributed by atoms with Gasteiger partial charge in [-0.15, -0.1) is 0 Å². The molecule has 178 valence electrons. The maximum atomic E-state index is 12.9. The fourth-order valence-corrected chi connectivity index (χ4v) is 5.13. The van der Waals surface area contributed by atoms with E-state index in [-0.39, 0.29) is 29.2 Å². The lowest BCUT2D eigenvalue weighted by atomic mass is 9.76. The molecule has 3 atom stereocenters. The lowest BCUT2D eigenvalue weighted by molar-refractivity contribution is -0.122. The van der Waals surface area contributed by atoms with Crippen LogP contribution in [-0.4, -0.2) is 30.3 Å². The normalized spacial score (nSPS) is 21.6. The van der Waals surface area contributed by atoms with Gasteiger partial charge in [-0.25, -0.2) is 4.79 Å². The van der Waals surface area contributed by atoms with E-state index >= 15 is 0 Å². The van der Waals surface area contributed by atoms with E-state index in [0.717, 1.165) is 30.0 Å². The SMILES string of the molecule is C[C@@H]1CC[C@@H]2C(=O)N(c3ccc(C(=O)OCC(=O)Nc4cccc5ccccc45)cc3)C(=O)[C@@H]2C1. The van der Waals surface area contributed by atoms with Crippen molar-refractivity contribution < 1.29 is 23.9 Å². The first-order chi connectivity index (χ1) is 16.9. The fraction of sp³-hybridized carbons (Fsp3) is 0.286. The fourth-order valence-electron chi connectivity index (χ4n) is 5.13. The Balaban J connectivity index is 1.20. The molecule has 7 heteroatoms. The summed E-state index contributed by atoms with van der Waals surface area (Å²) < 4.78 is 5.17. The van der Waals surface area contributed by atoms with Gasteiger partial charge in [0.1, 0.15) is 0 Å². The third-order valence-corrected chi connectivity index (χ3v) is 6.95. The van der Waals surface area contributed by atoms with Crippen molar-refractivity contribution in [2.45, 2.75) is 26.2 Å². The number of rotatable bonds is 5. The Labute approximate surface area is 203 Å². The number of imide groups is 1. The Bertz CT molecular complexity index is 1310. The first kappa shape index (κ1) is 22.8. The van der Waals surface area contributed by atoms with E-state index in [1.165, 1.54) is 17.0 Å². The number of carbonyl (C=O) groups is 4. The highest BCUT2D eigenvalue weighted by molar-refractivity contribution is 6.22. The van der Waals surface area contributed by atoms with Crippen molar-refractivity contribution in [3.8, 4) is 0 Å². The third-order valence-electron chi connectivity index (χ3n) is 6.95. The molecule has 7 nitrogen and oxygen atoms in total. The Kier molecular flexibility index (Phi) is 6.07. The molecule has 1 saturated heterocycles. The Hall–Kier alpha value is -4.00. The van der Waals surface area contributed by atoms with Gasteiger partial charge in [0.15, 0.2) is 6.61 Å². The van der Waals surface area contributed by atoms with Crippen LogP contribution in [0, 0.1) is 17.8 Å². The van der Waals surface area contributed by atoms with E-state index in [4.69, 9.17) is 4.74 Å². The number of hydrogen-bond acceptors (Lipinski definition) is 5. The summed E-state index contributed by atoms with van der Waals surface area (Å²) in [5.74, 6) is -1.50. The molecule has 5 rings (SSSR count). The molecule has 1 saturated carbocycles. The van der Waals surface area contributed by atoms with Gasteiger partial charge >= 0.3 is 5.97 Å². The molecule has 3 aromatic rings. The van der Waals surface area contributed by atoms with Crippen molar-refractivity contribution in [1.82, 2.24) is 0 Å². The lowest BCUT2D eigenvalue weighted by Gasteiger charge is -2.25. The summed E-state index contributed by atoms with van der Waals surface area (Å²) >= 11 is 0. The monoisotopic (exact) mass is 470 g/mol. The molecule has 0 aromatic heterocycles. The first-order valence-corrected chi connectivity index (χ1v) is 11.8. The van der Waals surface area contributed by atoms with Crippen LogP contribution in [0.5, 0.6) is 0 Å². The zero-order chi connectivity index (χ0) is 24.5. The van der Waals surface area contributed by atoms with Gasteiger partial charge in [-0.3, -0.25) is 19.3 Å². The predicted octanol–water partition coefficient (Wildman–Crippen LogP) is 4.56. The number of nitrogens with zero attached hydrogens (tertiary/aromatic N) is 1. The van der Waals surface area contributed by atoms with E-state index in [9.17, 15) is 19.2 Å². The summed E-state index contributed by atoms with van der Waals surface area (Å²) in [7, 11) is 0. The zero-order valence-electron chi connectivity index (χ0n) is 19.4. The second-order valence-corrected chi connectivity index (χ2v) is 9.34. The minimum absolute atomic E-state index is 0.160. The second kappa shape index (κ2) is 9.33. The lowest BCUT2D eigenvalue weighted by Crippen LogP contribution is -2.30. The molecule has 3 amide bonds. The predicted molar refractivity (Wildman–Crippen MR) is 132 cm³/mol. The number of nitrogens with one attached hydrogen (secondary N) is 1. The standard InChI is InChI=1S/C28H26N2O5/c1-17-9-14-22-23(15-17)27(33)30(26(22)32)20-12-10-19(11-13-20)28(34)35-16-25(31)29-24-8-4-6-18-5-2-3-7-21(18)24/h2-8,10-13,17,22-23H,9,14-16H2,1H3,(H,29,31)/t17-,22+,23-/m1/s1. The van der Waals surface area contributed by atoms with Crippen LogP contribution in [0.25, 0.3) is 10.8 Å². The molecule has 1 aliphatic carbocycles. The molecule has 2 aliphatic rings. The Morgan fingerprint density at radius 1 is 0.914 bits per heavy atom. The van der Waals surface area contributed by atoms with Crippen LogP contribution >= 0.6 is 0 Å². The van der Waals surface area contributed by atoms with Crippen LogP contribution in [0.1, 0.15) is 36.5 Å². The molecule has 35 heavy (non-hydrogen) atoms. The van der Waals surface area contributed by atoms with E-state index in [0.29, 0.717) is 17.3 Å². The highest BCUT2D eigenvalue weighted by Gasteiger charge is 2.49. The van der Waals surface area contributed by atoms with Crippen molar-refractivity contribution in [1.29, 1.82) is 0 Å². The first-order valence-electron chi connectivity index (χ1n) is 11.8. The molecule has 3 aromatic carbocycles. The van der Waals surface area contributed by atoms with Gasteiger partial charge in [0.05, 0.1) is 23.1 Å². The van der Waals surface area contributed by atoms with Crippen molar-refractivity contribution in [2.75, 3.05) is 16.8 Å². The molecule has 0 spiro atoms. The number of carbonyl (C=O) groups excluding carboxylic acids is 4. The summed E-state index contributed by atoms with van der Waals surface area (Å²) in [6, 6.07) is 19.4. The quantitative estimate of drug-likeness (QED) is 0.436. The van der Waals surface area contributed by atoms with E-state index in [2.05, 4.69) is 12.2 Å². The third kappa shape index (κ3) is 4.41. The zero-order valence-corrected chi connectivity index (χ0v) is 19.4. The molecule has 0 unspecified atom stereocenters. The van der Waals surface area contributed by atoms with Gasteiger partial charge in [0.25, 0.3) is 5.91 Å². The summed E-state index contributed by atoms with van der Waals surface area (Å²) in [6.07, 6.45) is 2.42. The molecule has 2 fully saturated rings. The number of ether oxygens (including phenoxy) is 1. The Morgan fingerprint density at radius 2 is 1.63 bits per heavy atom. The number of esters is 1. The van der Waals surface area contributed by atoms with Crippen LogP contribution in [0.15, 0.2) is 66.7 Å². The molecule has 0 bridgehead atoms. The summed E-state index contributed by atoms with van der Waals surface area (Å²) in [6.45, 7) is 1.67.